The minimum absolute atomic E-state index is 0.0525. The van der Waals surface area contributed by atoms with Gasteiger partial charge in [0.05, 0.1) is 19.4 Å². The van der Waals surface area contributed by atoms with Crippen molar-refractivity contribution in [3.63, 3.8) is 0 Å². The highest BCUT2D eigenvalue weighted by molar-refractivity contribution is 5.98. The van der Waals surface area contributed by atoms with E-state index < -0.39 is 5.54 Å². The predicted molar refractivity (Wildman–Crippen MR) is 107 cm³/mol. The summed E-state index contributed by atoms with van der Waals surface area (Å²) in [6, 6.07) is 16.1. The topological polar surface area (TPSA) is 77.1 Å². The molecular formula is C22H28N2O3. The van der Waals surface area contributed by atoms with Gasteiger partial charge in [-0.1, -0.05) is 47.6 Å². The molecule has 0 radical (unpaired) electrons. The summed E-state index contributed by atoms with van der Waals surface area (Å²) in [6.45, 7) is 2.35. The molecule has 3 N–H and O–H groups in total. The van der Waals surface area contributed by atoms with Crippen LogP contribution >= 0.6 is 0 Å². The second kappa shape index (κ2) is 8.55. The minimum Gasteiger partial charge on any atom is -0.496 e. The first-order chi connectivity index (χ1) is 13.0. The Balaban J connectivity index is 1.60. The first kappa shape index (κ1) is 19.4. The molecule has 5 nitrogen and oxygen atoms in total. The molecule has 0 spiro atoms. The van der Waals surface area contributed by atoms with Crippen LogP contribution in [0.5, 0.6) is 5.75 Å². The molecule has 0 bridgehead atoms. The Hall–Kier alpha value is -2.37. The second-order valence-electron chi connectivity index (χ2n) is 7.34. The zero-order valence-electron chi connectivity index (χ0n) is 16.0. The minimum atomic E-state index is -0.424. The maximum absolute atomic E-state index is 9.44. The molecule has 27 heavy (non-hydrogen) atoms. The Morgan fingerprint density at radius 1 is 1.22 bits per heavy atom. The third-order valence-corrected chi connectivity index (χ3v) is 5.37. The molecule has 5 heteroatoms. The number of nitrogens with zero attached hydrogens (tertiary/aromatic N) is 1. The molecule has 0 unspecified atom stereocenters. The van der Waals surface area contributed by atoms with Crippen molar-refractivity contribution in [1.82, 2.24) is 0 Å². The van der Waals surface area contributed by atoms with Gasteiger partial charge in [-0.25, -0.2) is 0 Å². The zero-order chi connectivity index (χ0) is 19.3. The van der Waals surface area contributed by atoms with E-state index in [1.54, 1.807) is 7.11 Å². The largest absolute Gasteiger partial charge is 0.496 e. The van der Waals surface area contributed by atoms with E-state index in [4.69, 9.17) is 15.3 Å². The van der Waals surface area contributed by atoms with E-state index in [0.29, 0.717) is 12.5 Å². The maximum atomic E-state index is 9.44. The molecule has 0 aromatic heterocycles. The number of aliphatic hydroxyl groups is 1. The lowest BCUT2D eigenvalue weighted by molar-refractivity contribution is 0.128. The number of rotatable bonds is 7. The van der Waals surface area contributed by atoms with Gasteiger partial charge in [-0.3, -0.25) is 0 Å². The summed E-state index contributed by atoms with van der Waals surface area (Å²) in [5.74, 6) is 1.21. The number of methoxy groups -OCH3 is 1. The SMILES string of the molecule is COc1ccccc1CO/N=C(\C)c1ccc([C@@H]2CC[C@](N)(CO)C2)cc1. The average molecular weight is 368 g/mol. The lowest BCUT2D eigenvalue weighted by Gasteiger charge is -2.20. The van der Waals surface area contributed by atoms with Crippen molar-refractivity contribution in [2.45, 2.75) is 44.2 Å². The molecule has 1 saturated carbocycles. The van der Waals surface area contributed by atoms with Crippen LogP contribution < -0.4 is 10.5 Å². The molecule has 0 aliphatic heterocycles. The Morgan fingerprint density at radius 2 is 1.96 bits per heavy atom. The summed E-state index contributed by atoms with van der Waals surface area (Å²) in [4.78, 5) is 5.51. The smallest absolute Gasteiger partial charge is 0.145 e. The number of para-hydroxylation sites is 1. The van der Waals surface area contributed by atoms with E-state index in [-0.39, 0.29) is 6.61 Å². The van der Waals surface area contributed by atoms with E-state index in [2.05, 4.69) is 29.4 Å². The van der Waals surface area contributed by atoms with Crippen molar-refractivity contribution in [1.29, 1.82) is 0 Å². The number of hydrogen-bond donors (Lipinski definition) is 2. The Labute approximate surface area is 160 Å². The monoisotopic (exact) mass is 368 g/mol. The van der Waals surface area contributed by atoms with Crippen LogP contribution in [0.3, 0.4) is 0 Å². The number of benzene rings is 2. The van der Waals surface area contributed by atoms with Gasteiger partial charge in [0.25, 0.3) is 0 Å². The predicted octanol–water partition coefficient (Wildman–Crippen LogP) is 3.59. The van der Waals surface area contributed by atoms with E-state index in [9.17, 15) is 5.11 Å². The normalized spacial score (nSPS) is 22.7. The fourth-order valence-electron chi connectivity index (χ4n) is 3.65. The number of oxime groups is 1. The number of ether oxygens (including phenoxy) is 1. The second-order valence-corrected chi connectivity index (χ2v) is 7.34. The van der Waals surface area contributed by atoms with Gasteiger partial charge in [-0.05, 0) is 49.3 Å². The zero-order valence-corrected chi connectivity index (χ0v) is 16.0. The highest BCUT2D eigenvalue weighted by atomic mass is 16.6. The number of hydrogen-bond acceptors (Lipinski definition) is 5. The van der Waals surface area contributed by atoms with Gasteiger partial charge in [-0.2, -0.15) is 0 Å². The quantitative estimate of drug-likeness (QED) is 0.578. The van der Waals surface area contributed by atoms with Gasteiger partial charge in [0.15, 0.2) is 0 Å². The van der Waals surface area contributed by atoms with Crippen LogP contribution in [0.15, 0.2) is 53.7 Å². The molecule has 0 saturated heterocycles. The molecule has 0 amide bonds. The number of aliphatic hydroxyl groups excluding tert-OH is 1. The van der Waals surface area contributed by atoms with E-state index in [1.165, 1.54) is 5.56 Å². The van der Waals surface area contributed by atoms with Gasteiger partial charge in [0.2, 0.25) is 0 Å². The molecule has 1 aliphatic carbocycles. The molecule has 2 atom stereocenters. The molecule has 0 heterocycles. The number of nitrogens with two attached hydrogens (primary N) is 1. The van der Waals surface area contributed by atoms with Crippen LogP contribution in [-0.4, -0.2) is 30.1 Å². The van der Waals surface area contributed by atoms with Gasteiger partial charge in [-0.15, -0.1) is 0 Å². The lowest BCUT2D eigenvalue weighted by atomic mass is 9.93. The van der Waals surface area contributed by atoms with Gasteiger partial charge >= 0.3 is 0 Å². The first-order valence-corrected chi connectivity index (χ1v) is 9.33. The Morgan fingerprint density at radius 3 is 2.63 bits per heavy atom. The van der Waals surface area contributed by atoms with Crippen LogP contribution in [-0.2, 0) is 11.4 Å². The Kier molecular flexibility index (Phi) is 6.14. The highest BCUT2D eigenvalue weighted by Crippen LogP contribution is 2.39. The molecular weight excluding hydrogens is 340 g/mol. The Bertz CT molecular complexity index is 788. The van der Waals surface area contributed by atoms with Crippen LogP contribution in [0.1, 0.15) is 48.8 Å². The third-order valence-electron chi connectivity index (χ3n) is 5.37. The summed E-state index contributed by atoms with van der Waals surface area (Å²) < 4.78 is 5.32. The van der Waals surface area contributed by atoms with Crippen LogP contribution in [0.25, 0.3) is 0 Å². The van der Waals surface area contributed by atoms with Crippen molar-refractivity contribution >= 4 is 5.71 Å². The first-order valence-electron chi connectivity index (χ1n) is 9.33. The van der Waals surface area contributed by atoms with Crippen LogP contribution in [0.4, 0.5) is 0 Å². The molecule has 1 fully saturated rings. The summed E-state index contributed by atoms with van der Waals surface area (Å²) in [5.41, 5.74) is 9.85. The molecule has 2 aromatic rings. The van der Waals surface area contributed by atoms with Gasteiger partial charge < -0.3 is 20.4 Å². The fourth-order valence-corrected chi connectivity index (χ4v) is 3.65. The van der Waals surface area contributed by atoms with E-state index in [1.807, 2.05) is 31.2 Å². The third kappa shape index (κ3) is 4.67. The van der Waals surface area contributed by atoms with Crippen molar-refractivity contribution < 1.29 is 14.7 Å². The molecule has 144 valence electrons. The summed E-state index contributed by atoms with van der Waals surface area (Å²) in [5, 5.41) is 13.7. The van der Waals surface area contributed by atoms with Crippen molar-refractivity contribution in [2.24, 2.45) is 10.9 Å². The average Bonchev–Trinajstić information content (AvgIpc) is 3.11. The lowest BCUT2D eigenvalue weighted by Crippen LogP contribution is -2.40. The summed E-state index contributed by atoms with van der Waals surface area (Å²) in [6.07, 6.45) is 2.72. The van der Waals surface area contributed by atoms with Gasteiger partial charge in [0.1, 0.15) is 12.4 Å². The van der Waals surface area contributed by atoms with E-state index >= 15 is 0 Å². The molecule has 2 aromatic carbocycles. The fraction of sp³-hybridized carbons (Fsp3) is 0.409. The van der Waals surface area contributed by atoms with Crippen LogP contribution in [0.2, 0.25) is 0 Å². The van der Waals surface area contributed by atoms with E-state index in [0.717, 1.165) is 41.9 Å². The highest BCUT2D eigenvalue weighted by Gasteiger charge is 2.35. The van der Waals surface area contributed by atoms with Gasteiger partial charge in [0, 0.05) is 11.1 Å². The summed E-state index contributed by atoms with van der Waals surface area (Å²) >= 11 is 0. The maximum Gasteiger partial charge on any atom is 0.145 e. The summed E-state index contributed by atoms with van der Waals surface area (Å²) in [7, 11) is 1.65. The molecule has 1 aliphatic rings. The standard InChI is InChI=1S/C22H28N2O3/c1-16(24-27-14-20-5-3-4-6-21(20)26-2)17-7-9-18(10-8-17)19-11-12-22(23,13-19)15-25/h3-10,19,25H,11-15,23H2,1-2H3/b24-16+/t19-,22-/m1/s1. The van der Waals surface area contributed by atoms with Crippen LogP contribution in [0, 0.1) is 0 Å². The van der Waals surface area contributed by atoms with Crippen molar-refractivity contribution in [3.05, 3.63) is 65.2 Å². The van der Waals surface area contributed by atoms with Crippen molar-refractivity contribution in [2.75, 3.05) is 13.7 Å². The molecule has 3 rings (SSSR count). The van der Waals surface area contributed by atoms with Crippen molar-refractivity contribution in [3.8, 4) is 5.75 Å².